The zero-order valence-electron chi connectivity index (χ0n) is 9.60. The third-order valence-corrected chi connectivity index (χ3v) is 2.60. The van der Waals surface area contributed by atoms with Gasteiger partial charge in [-0.3, -0.25) is 0 Å². The number of aliphatic hydroxyl groups excluding tert-OH is 1. The molecule has 0 aliphatic heterocycles. The van der Waals surface area contributed by atoms with E-state index >= 15 is 0 Å². The molecule has 5 nitrogen and oxygen atoms in total. The van der Waals surface area contributed by atoms with Gasteiger partial charge < -0.3 is 16.2 Å². The van der Waals surface area contributed by atoms with E-state index in [4.69, 9.17) is 5.73 Å². The van der Waals surface area contributed by atoms with E-state index in [2.05, 4.69) is 15.3 Å². The van der Waals surface area contributed by atoms with Crippen LogP contribution in [0.3, 0.4) is 0 Å². The largest absolute Gasteiger partial charge is 0.391 e. The van der Waals surface area contributed by atoms with E-state index in [0.29, 0.717) is 23.3 Å². The molecular weight excluding hydrogens is 224 g/mol. The highest BCUT2D eigenvalue weighted by Crippen LogP contribution is 2.15. The lowest BCUT2D eigenvalue weighted by Crippen LogP contribution is -2.19. The minimum atomic E-state index is -0.348. The number of rotatable bonds is 6. The van der Waals surface area contributed by atoms with E-state index in [1.54, 1.807) is 6.07 Å². The zero-order chi connectivity index (χ0) is 12.0. The van der Waals surface area contributed by atoms with Gasteiger partial charge in [0.05, 0.1) is 6.10 Å². The quantitative estimate of drug-likeness (QED) is 0.516. The average molecular weight is 242 g/mol. The lowest BCUT2D eigenvalue weighted by molar-refractivity contribution is 0.176. The number of nitrogens with one attached hydrogen (secondary N) is 1. The molecule has 0 bridgehead atoms. The zero-order valence-corrected chi connectivity index (χ0v) is 10.4. The highest BCUT2D eigenvalue weighted by atomic mass is 32.2. The molecular formula is C10H18N4OS. The van der Waals surface area contributed by atoms with Crippen molar-refractivity contribution in [3.63, 3.8) is 0 Å². The number of aromatic nitrogens is 2. The maximum absolute atomic E-state index is 9.56. The van der Waals surface area contributed by atoms with Gasteiger partial charge in [0.1, 0.15) is 11.6 Å². The number of anilines is 2. The Morgan fingerprint density at radius 3 is 2.94 bits per heavy atom. The minimum Gasteiger partial charge on any atom is -0.391 e. The van der Waals surface area contributed by atoms with Crippen molar-refractivity contribution in [2.75, 3.05) is 23.9 Å². The highest BCUT2D eigenvalue weighted by Gasteiger charge is 2.05. The molecule has 0 aliphatic carbocycles. The Labute approximate surface area is 99.9 Å². The van der Waals surface area contributed by atoms with E-state index in [-0.39, 0.29) is 6.10 Å². The first-order valence-corrected chi connectivity index (χ1v) is 6.48. The number of nitrogen functional groups attached to an aromatic ring is 1. The molecule has 1 aromatic rings. The van der Waals surface area contributed by atoms with Crippen molar-refractivity contribution >= 4 is 23.4 Å². The molecule has 0 spiro atoms. The topological polar surface area (TPSA) is 84.1 Å². The molecule has 0 saturated carbocycles. The summed E-state index contributed by atoms with van der Waals surface area (Å²) in [6, 6.07) is 1.67. The van der Waals surface area contributed by atoms with Crippen molar-refractivity contribution in [3.05, 3.63) is 6.07 Å². The fourth-order valence-electron chi connectivity index (χ4n) is 1.28. The van der Waals surface area contributed by atoms with Crippen LogP contribution in [0.5, 0.6) is 0 Å². The summed E-state index contributed by atoms with van der Waals surface area (Å²) in [4.78, 5) is 8.28. The maximum atomic E-state index is 9.56. The van der Waals surface area contributed by atoms with E-state index in [1.807, 2.05) is 13.2 Å². The summed E-state index contributed by atoms with van der Waals surface area (Å²) in [5, 5.41) is 13.2. The van der Waals surface area contributed by atoms with Crippen molar-refractivity contribution < 1.29 is 5.11 Å². The van der Waals surface area contributed by atoms with Gasteiger partial charge in [-0.05, 0) is 12.7 Å². The summed E-state index contributed by atoms with van der Waals surface area (Å²) in [5.74, 6) is 1.10. The van der Waals surface area contributed by atoms with Gasteiger partial charge in [0, 0.05) is 12.6 Å². The van der Waals surface area contributed by atoms with Gasteiger partial charge in [-0.15, -0.1) is 0 Å². The summed E-state index contributed by atoms with van der Waals surface area (Å²) in [6.45, 7) is 2.52. The first-order valence-electron chi connectivity index (χ1n) is 5.26. The Morgan fingerprint density at radius 1 is 1.56 bits per heavy atom. The van der Waals surface area contributed by atoms with Crippen LogP contribution in [0.25, 0.3) is 0 Å². The molecule has 1 atom stereocenters. The molecule has 6 heteroatoms. The molecule has 0 amide bonds. The van der Waals surface area contributed by atoms with E-state index in [9.17, 15) is 5.11 Å². The number of aliphatic hydroxyl groups is 1. The van der Waals surface area contributed by atoms with Gasteiger partial charge in [0.15, 0.2) is 5.16 Å². The minimum absolute atomic E-state index is 0.348. The van der Waals surface area contributed by atoms with Crippen molar-refractivity contribution in [1.82, 2.24) is 9.97 Å². The monoisotopic (exact) mass is 242 g/mol. The fraction of sp³-hybridized carbons (Fsp3) is 0.600. The van der Waals surface area contributed by atoms with Crippen LogP contribution in [0.4, 0.5) is 11.6 Å². The number of nitrogens with zero attached hydrogens (tertiary/aromatic N) is 2. The van der Waals surface area contributed by atoms with Crippen LogP contribution in [-0.4, -0.2) is 34.0 Å². The van der Waals surface area contributed by atoms with Gasteiger partial charge in [0.25, 0.3) is 0 Å². The molecule has 0 radical (unpaired) electrons. The second-order valence-corrected chi connectivity index (χ2v) is 4.26. The van der Waals surface area contributed by atoms with Crippen LogP contribution < -0.4 is 11.1 Å². The Bertz CT molecular complexity index is 335. The second-order valence-electron chi connectivity index (χ2n) is 3.49. The van der Waals surface area contributed by atoms with Gasteiger partial charge in [-0.1, -0.05) is 25.1 Å². The average Bonchev–Trinajstić information content (AvgIpc) is 2.26. The predicted octanol–water partition coefficient (Wildman–Crippen LogP) is 1.35. The number of hydrogen-bond acceptors (Lipinski definition) is 6. The molecule has 1 rings (SSSR count). The summed E-state index contributed by atoms with van der Waals surface area (Å²) in [6.07, 6.45) is 3.29. The van der Waals surface area contributed by atoms with Gasteiger partial charge in [0.2, 0.25) is 0 Å². The fourth-order valence-corrected chi connectivity index (χ4v) is 1.67. The molecule has 0 fully saturated rings. The number of nitrogens with two attached hydrogens (primary N) is 1. The maximum Gasteiger partial charge on any atom is 0.191 e. The molecule has 16 heavy (non-hydrogen) atoms. The van der Waals surface area contributed by atoms with Crippen LogP contribution in [0.2, 0.25) is 0 Å². The van der Waals surface area contributed by atoms with Crippen molar-refractivity contribution in [2.45, 2.75) is 31.0 Å². The third-order valence-electron chi connectivity index (χ3n) is 2.05. The van der Waals surface area contributed by atoms with Crippen LogP contribution in [0.15, 0.2) is 11.2 Å². The molecule has 1 heterocycles. The molecule has 90 valence electrons. The standard InChI is InChI=1S/C10H18N4OS/c1-3-4-7(15)6-12-9-5-8(11)13-10(14-9)16-2/h5,7,15H,3-4,6H2,1-2H3,(H3,11,12,13,14). The van der Waals surface area contributed by atoms with Gasteiger partial charge >= 0.3 is 0 Å². The second kappa shape index (κ2) is 6.55. The summed E-state index contributed by atoms with van der Waals surface area (Å²) < 4.78 is 0. The van der Waals surface area contributed by atoms with Crippen molar-refractivity contribution in [2.24, 2.45) is 0 Å². The summed E-state index contributed by atoms with van der Waals surface area (Å²) in [5.41, 5.74) is 5.63. The summed E-state index contributed by atoms with van der Waals surface area (Å²) in [7, 11) is 0. The van der Waals surface area contributed by atoms with E-state index < -0.39 is 0 Å². The Balaban J connectivity index is 2.56. The molecule has 1 unspecified atom stereocenters. The lowest BCUT2D eigenvalue weighted by Gasteiger charge is -2.11. The van der Waals surface area contributed by atoms with Gasteiger partial charge in [-0.2, -0.15) is 0 Å². The lowest BCUT2D eigenvalue weighted by atomic mass is 10.2. The summed E-state index contributed by atoms with van der Waals surface area (Å²) >= 11 is 1.44. The Hall–Kier alpha value is -1.01. The van der Waals surface area contributed by atoms with E-state index in [0.717, 1.165) is 12.8 Å². The first-order chi connectivity index (χ1) is 7.65. The Morgan fingerprint density at radius 2 is 2.31 bits per heavy atom. The van der Waals surface area contributed by atoms with Crippen LogP contribution in [-0.2, 0) is 0 Å². The van der Waals surface area contributed by atoms with Crippen LogP contribution in [0.1, 0.15) is 19.8 Å². The van der Waals surface area contributed by atoms with Crippen molar-refractivity contribution in [1.29, 1.82) is 0 Å². The molecule has 0 saturated heterocycles. The van der Waals surface area contributed by atoms with Crippen LogP contribution >= 0.6 is 11.8 Å². The van der Waals surface area contributed by atoms with E-state index in [1.165, 1.54) is 11.8 Å². The van der Waals surface area contributed by atoms with Crippen LogP contribution in [0, 0.1) is 0 Å². The predicted molar refractivity (Wildman–Crippen MR) is 67.6 cm³/mol. The SMILES string of the molecule is CCCC(O)CNc1cc(N)nc(SC)n1. The normalized spacial score (nSPS) is 12.4. The smallest absolute Gasteiger partial charge is 0.191 e. The van der Waals surface area contributed by atoms with Crippen molar-refractivity contribution in [3.8, 4) is 0 Å². The third kappa shape index (κ3) is 4.24. The molecule has 1 aromatic heterocycles. The van der Waals surface area contributed by atoms with Gasteiger partial charge in [-0.25, -0.2) is 9.97 Å². The molecule has 0 aliphatic rings. The first kappa shape index (κ1) is 13.1. The molecule has 0 aromatic carbocycles. The number of hydrogen-bond donors (Lipinski definition) is 3. The molecule has 4 N–H and O–H groups in total. The highest BCUT2D eigenvalue weighted by molar-refractivity contribution is 7.98. The number of thioether (sulfide) groups is 1. The Kier molecular flexibility index (Phi) is 5.34.